The summed E-state index contributed by atoms with van der Waals surface area (Å²) in [6, 6.07) is 11.0. The molecule has 1 fully saturated rings. The van der Waals surface area contributed by atoms with Crippen LogP contribution in [0.5, 0.6) is 0 Å². The Morgan fingerprint density at radius 3 is 2.25 bits per heavy atom. The second-order valence-corrected chi connectivity index (χ2v) is 5.93. The van der Waals surface area contributed by atoms with Crippen molar-refractivity contribution in [3.05, 3.63) is 35.4 Å². The van der Waals surface area contributed by atoms with Crippen molar-refractivity contribution in [2.75, 3.05) is 13.1 Å². The molecular weight excluding hydrogens is 244 g/mol. The van der Waals surface area contributed by atoms with Gasteiger partial charge in [0, 0.05) is 18.1 Å². The van der Waals surface area contributed by atoms with Crippen molar-refractivity contribution in [2.45, 2.75) is 65.1 Å². The third-order valence-corrected chi connectivity index (χ3v) is 4.56. The van der Waals surface area contributed by atoms with Crippen LogP contribution in [0, 0.1) is 0 Å². The standard InChI is InChI=1S/C18H30N2/c1-5-15-8-10-16(11-9-15)18(19-6-2)14(4)20(7-3)17-12-13-17/h8-11,14,17-19H,5-7,12-13H2,1-4H3. The molecule has 0 amide bonds. The molecular formula is C18H30N2. The van der Waals surface area contributed by atoms with E-state index < -0.39 is 0 Å². The Balaban J connectivity index is 2.15. The Hall–Kier alpha value is -0.860. The average molecular weight is 274 g/mol. The summed E-state index contributed by atoms with van der Waals surface area (Å²) in [6.07, 6.45) is 3.88. The van der Waals surface area contributed by atoms with Crippen LogP contribution in [-0.2, 0) is 6.42 Å². The molecule has 2 unspecified atom stereocenters. The van der Waals surface area contributed by atoms with Crippen LogP contribution in [-0.4, -0.2) is 30.1 Å². The van der Waals surface area contributed by atoms with Crippen LogP contribution in [0.4, 0.5) is 0 Å². The lowest BCUT2D eigenvalue weighted by molar-refractivity contribution is 0.169. The van der Waals surface area contributed by atoms with Gasteiger partial charge in [-0.2, -0.15) is 0 Å². The van der Waals surface area contributed by atoms with E-state index >= 15 is 0 Å². The highest BCUT2D eigenvalue weighted by Gasteiger charge is 2.34. The Labute approximate surface area is 124 Å². The molecule has 0 bridgehead atoms. The normalized spacial score (nSPS) is 18.2. The maximum atomic E-state index is 3.69. The number of nitrogens with one attached hydrogen (secondary N) is 1. The highest BCUT2D eigenvalue weighted by Crippen LogP contribution is 2.32. The van der Waals surface area contributed by atoms with E-state index in [-0.39, 0.29) is 0 Å². The molecule has 2 nitrogen and oxygen atoms in total. The molecule has 0 heterocycles. The second-order valence-electron chi connectivity index (χ2n) is 5.93. The number of hydrogen-bond acceptors (Lipinski definition) is 2. The van der Waals surface area contributed by atoms with E-state index in [9.17, 15) is 0 Å². The molecule has 1 aromatic rings. The molecule has 1 saturated carbocycles. The lowest BCUT2D eigenvalue weighted by atomic mass is 9.97. The Morgan fingerprint density at radius 2 is 1.80 bits per heavy atom. The first-order valence-corrected chi connectivity index (χ1v) is 8.29. The van der Waals surface area contributed by atoms with Crippen LogP contribution in [0.25, 0.3) is 0 Å². The molecule has 0 aromatic heterocycles. The molecule has 20 heavy (non-hydrogen) atoms. The molecule has 1 aliphatic carbocycles. The van der Waals surface area contributed by atoms with Crippen molar-refractivity contribution in [3.63, 3.8) is 0 Å². The minimum absolute atomic E-state index is 0.437. The van der Waals surface area contributed by atoms with Crippen LogP contribution in [0.3, 0.4) is 0 Å². The lowest BCUT2D eigenvalue weighted by Gasteiger charge is -2.35. The number of rotatable bonds is 8. The molecule has 2 atom stereocenters. The van der Waals surface area contributed by atoms with Crippen molar-refractivity contribution in [1.29, 1.82) is 0 Å². The molecule has 1 aromatic carbocycles. The quantitative estimate of drug-likeness (QED) is 0.776. The van der Waals surface area contributed by atoms with E-state index in [4.69, 9.17) is 0 Å². The van der Waals surface area contributed by atoms with Crippen molar-refractivity contribution in [1.82, 2.24) is 10.2 Å². The lowest BCUT2D eigenvalue weighted by Crippen LogP contribution is -2.44. The maximum absolute atomic E-state index is 3.69. The highest BCUT2D eigenvalue weighted by atomic mass is 15.2. The van der Waals surface area contributed by atoms with Gasteiger partial charge in [-0.05, 0) is 50.4 Å². The number of nitrogens with zero attached hydrogens (tertiary/aromatic N) is 1. The van der Waals surface area contributed by atoms with Crippen LogP contribution in [0.15, 0.2) is 24.3 Å². The topological polar surface area (TPSA) is 15.3 Å². The predicted octanol–water partition coefficient (Wildman–Crippen LogP) is 3.77. The highest BCUT2D eigenvalue weighted by molar-refractivity contribution is 5.26. The van der Waals surface area contributed by atoms with Crippen molar-refractivity contribution >= 4 is 0 Å². The summed E-state index contributed by atoms with van der Waals surface area (Å²) in [5.74, 6) is 0. The van der Waals surface area contributed by atoms with Gasteiger partial charge in [0.05, 0.1) is 0 Å². The van der Waals surface area contributed by atoms with Gasteiger partial charge in [0.15, 0.2) is 0 Å². The van der Waals surface area contributed by atoms with Gasteiger partial charge in [-0.1, -0.05) is 45.0 Å². The molecule has 0 saturated heterocycles. The molecule has 112 valence electrons. The Morgan fingerprint density at radius 1 is 1.15 bits per heavy atom. The van der Waals surface area contributed by atoms with Crippen LogP contribution >= 0.6 is 0 Å². The minimum atomic E-state index is 0.437. The summed E-state index contributed by atoms with van der Waals surface area (Å²) in [5.41, 5.74) is 2.85. The minimum Gasteiger partial charge on any atom is -0.309 e. The van der Waals surface area contributed by atoms with Crippen molar-refractivity contribution < 1.29 is 0 Å². The van der Waals surface area contributed by atoms with Crippen LogP contribution in [0.1, 0.15) is 57.7 Å². The summed E-state index contributed by atoms with van der Waals surface area (Å²) < 4.78 is 0. The van der Waals surface area contributed by atoms with E-state index in [1.54, 1.807) is 0 Å². The van der Waals surface area contributed by atoms with Crippen molar-refractivity contribution in [2.24, 2.45) is 0 Å². The van der Waals surface area contributed by atoms with E-state index in [2.05, 4.69) is 62.2 Å². The third-order valence-electron chi connectivity index (χ3n) is 4.56. The Kier molecular flexibility index (Phi) is 5.62. The first kappa shape index (κ1) is 15.5. The number of hydrogen-bond donors (Lipinski definition) is 1. The van der Waals surface area contributed by atoms with Gasteiger partial charge in [0.2, 0.25) is 0 Å². The van der Waals surface area contributed by atoms with E-state index in [0.29, 0.717) is 12.1 Å². The summed E-state index contributed by atoms with van der Waals surface area (Å²) >= 11 is 0. The van der Waals surface area contributed by atoms with Gasteiger partial charge >= 0.3 is 0 Å². The summed E-state index contributed by atoms with van der Waals surface area (Å²) in [6.45, 7) is 11.3. The smallest absolute Gasteiger partial charge is 0.0475 e. The van der Waals surface area contributed by atoms with Gasteiger partial charge in [0.25, 0.3) is 0 Å². The Bertz CT molecular complexity index is 394. The first-order valence-electron chi connectivity index (χ1n) is 8.29. The maximum Gasteiger partial charge on any atom is 0.0475 e. The number of likely N-dealkylation sites (N-methyl/N-ethyl adjacent to an activating group) is 2. The molecule has 0 aliphatic heterocycles. The molecule has 0 radical (unpaired) electrons. The fourth-order valence-electron chi connectivity index (χ4n) is 3.22. The van der Waals surface area contributed by atoms with E-state index in [0.717, 1.165) is 25.6 Å². The third kappa shape index (κ3) is 3.62. The van der Waals surface area contributed by atoms with Gasteiger partial charge < -0.3 is 5.32 Å². The molecule has 0 spiro atoms. The molecule has 1 N–H and O–H groups in total. The fourth-order valence-corrected chi connectivity index (χ4v) is 3.22. The summed E-state index contributed by atoms with van der Waals surface area (Å²) in [5, 5.41) is 3.69. The van der Waals surface area contributed by atoms with Gasteiger partial charge in [-0.15, -0.1) is 0 Å². The SMILES string of the molecule is CCNC(c1ccc(CC)cc1)C(C)N(CC)C1CC1. The fraction of sp³-hybridized carbons (Fsp3) is 0.667. The van der Waals surface area contributed by atoms with Crippen molar-refractivity contribution in [3.8, 4) is 0 Å². The van der Waals surface area contributed by atoms with Gasteiger partial charge in [0.1, 0.15) is 0 Å². The van der Waals surface area contributed by atoms with Crippen LogP contribution < -0.4 is 5.32 Å². The largest absolute Gasteiger partial charge is 0.309 e. The predicted molar refractivity (Wildman–Crippen MR) is 87.1 cm³/mol. The number of aryl methyl sites for hydroxylation is 1. The molecule has 2 heteroatoms. The number of benzene rings is 1. The second kappa shape index (κ2) is 7.24. The molecule has 1 aliphatic rings. The van der Waals surface area contributed by atoms with E-state index in [1.807, 2.05) is 0 Å². The summed E-state index contributed by atoms with van der Waals surface area (Å²) in [7, 11) is 0. The summed E-state index contributed by atoms with van der Waals surface area (Å²) in [4.78, 5) is 2.67. The first-order chi connectivity index (χ1) is 9.71. The average Bonchev–Trinajstić information content (AvgIpc) is 3.30. The molecule has 2 rings (SSSR count). The van der Waals surface area contributed by atoms with Crippen LogP contribution in [0.2, 0.25) is 0 Å². The van der Waals surface area contributed by atoms with Gasteiger partial charge in [-0.25, -0.2) is 0 Å². The zero-order valence-corrected chi connectivity index (χ0v) is 13.5. The zero-order valence-electron chi connectivity index (χ0n) is 13.5. The van der Waals surface area contributed by atoms with Gasteiger partial charge in [-0.3, -0.25) is 4.90 Å². The monoisotopic (exact) mass is 274 g/mol. The van der Waals surface area contributed by atoms with E-state index in [1.165, 1.54) is 24.0 Å². The zero-order chi connectivity index (χ0) is 14.5.